The number of hydrogen-bond donors (Lipinski definition) is 2. The zero-order valence-corrected chi connectivity index (χ0v) is 18.8. The van der Waals surface area contributed by atoms with Gasteiger partial charge in [-0.25, -0.2) is 23.7 Å². The van der Waals surface area contributed by atoms with Crippen LogP contribution in [0.2, 0.25) is 0 Å². The van der Waals surface area contributed by atoms with Crippen LogP contribution >= 0.6 is 0 Å². The molecule has 0 unspecified atom stereocenters. The summed E-state index contributed by atoms with van der Waals surface area (Å²) in [5.41, 5.74) is 0.885. The number of aryl methyl sites for hydroxylation is 1. The topological polar surface area (TPSA) is 88.0 Å². The molecule has 2 aromatic heterocycles. The molecule has 0 spiro atoms. The van der Waals surface area contributed by atoms with E-state index in [1.54, 1.807) is 12.3 Å². The molecule has 0 fully saturated rings. The molecule has 0 aliphatic carbocycles. The van der Waals surface area contributed by atoms with Crippen LogP contribution in [0.4, 0.5) is 20.4 Å². The number of likely N-dealkylation sites (N-methyl/N-ethyl adjacent to an activating group) is 1. The predicted molar refractivity (Wildman–Crippen MR) is 119 cm³/mol. The Labute approximate surface area is 185 Å². The van der Waals surface area contributed by atoms with Gasteiger partial charge in [-0.05, 0) is 53.1 Å². The summed E-state index contributed by atoms with van der Waals surface area (Å²) in [6.45, 7) is 6.83. The van der Waals surface area contributed by atoms with Crippen LogP contribution in [0.15, 0.2) is 30.6 Å². The van der Waals surface area contributed by atoms with Gasteiger partial charge in [0, 0.05) is 24.8 Å². The van der Waals surface area contributed by atoms with E-state index in [0.717, 1.165) is 12.0 Å². The maximum absolute atomic E-state index is 14.5. The average Bonchev–Trinajstić information content (AvgIpc) is 3.10. The number of amides is 1. The fourth-order valence-corrected chi connectivity index (χ4v) is 3.28. The van der Waals surface area contributed by atoms with E-state index in [4.69, 9.17) is 0 Å². The molecule has 10 heteroatoms. The number of carbonyl (C=O) groups excluding carboxylic acids is 1. The summed E-state index contributed by atoms with van der Waals surface area (Å²) in [6, 6.07) is 4.16. The van der Waals surface area contributed by atoms with Gasteiger partial charge in [0.15, 0.2) is 5.82 Å². The number of imidazole rings is 1. The van der Waals surface area contributed by atoms with Gasteiger partial charge in [0.1, 0.15) is 17.3 Å². The summed E-state index contributed by atoms with van der Waals surface area (Å²) in [7, 11) is 3.77. The second kappa shape index (κ2) is 9.82. The van der Waals surface area contributed by atoms with Crippen molar-refractivity contribution in [1.82, 2.24) is 29.7 Å². The Morgan fingerprint density at radius 2 is 1.91 bits per heavy atom. The van der Waals surface area contributed by atoms with Crippen molar-refractivity contribution in [3.63, 3.8) is 0 Å². The summed E-state index contributed by atoms with van der Waals surface area (Å²) >= 11 is 0. The second-order valence-electron chi connectivity index (χ2n) is 7.92. The fraction of sp³-hybridized carbons (Fsp3) is 0.364. The van der Waals surface area contributed by atoms with Crippen LogP contribution in [0.5, 0.6) is 0 Å². The highest BCUT2D eigenvalue weighted by Gasteiger charge is 2.18. The molecule has 3 aromatic rings. The first-order chi connectivity index (χ1) is 15.2. The number of aromatic nitrogens is 4. The van der Waals surface area contributed by atoms with Gasteiger partial charge in [0.2, 0.25) is 5.95 Å². The summed E-state index contributed by atoms with van der Waals surface area (Å²) in [5.74, 6) is -0.933. The first-order valence-electron chi connectivity index (χ1n) is 10.2. The minimum atomic E-state index is -0.687. The van der Waals surface area contributed by atoms with E-state index in [1.165, 1.54) is 12.1 Å². The number of rotatable bonds is 8. The van der Waals surface area contributed by atoms with E-state index in [0.29, 0.717) is 24.5 Å². The first kappa shape index (κ1) is 23.3. The zero-order chi connectivity index (χ0) is 23.4. The van der Waals surface area contributed by atoms with Gasteiger partial charge in [-0.3, -0.25) is 4.79 Å². The number of benzene rings is 1. The Morgan fingerprint density at radius 1 is 1.16 bits per heavy atom. The zero-order valence-electron chi connectivity index (χ0n) is 18.8. The van der Waals surface area contributed by atoms with Crippen molar-refractivity contribution < 1.29 is 13.6 Å². The van der Waals surface area contributed by atoms with E-state index in [-0.39, 0.29) is 23.2 Å². The minimum absolute atomic E-state index is 0.0591. The smallest absolute Gasteiger partial charge is 0.254 e. The van der Waals surface area contributed by atoms with Crippen LogP contribution in [0.1, 0.15) is 36.1 Å². The summed E-state index contributed by atoms with van der Waals surface area (Å²) in [6.07, 6.45) is 2.62. The highest BCUT2D eigenvalue weighted by atomic mass is 19.1. The lowest BCUT2D eigenvalue weighted by Crippen LogP contribution is -2.31. The van der Waals surface area contributed by atoms with Gasteiger partial charge in [-0.2, -0.15) is 0 Å². The largest absolute Gasteiger partial charge is 0.351 e. The molecule has 0 bridgehead atoms. The van der Waals surface area contributed by atoms with Gasteiger partial charge < -0.3 is 20.1 Å². The molecule has 0 saturated carbocycles. The molecule has 0 aliphatic rings. The molecule has 2 heterocycles. The maximum Gasteiger partial charge on any atom is 0.254 e. The van der Waals surface area contributed by atoms with Crippen molar-refractivity contribution in [2.45, 2.75) is 26.8 Å². The van der Waals surface area contributed by atoms with E-state index in [1.807, 2.05) is 44.3 Å². The molecular weight excluding hydrogens is 416 g/mol. The molecule has 3 rings (SSSR count). The quantitative estimate of drug-likeness (QED) is 0.554. The van der Waals surface area contributed by atoms with Crippen molar-refractivity contribution in [3.05, 3.63) is 53.6 Å². The molecule has 170 valence electrons. The molecule has 8 nitrogen and oxygen atoms in total. The minimum Gasteiger partial charge on any atom is -0.351 e. The number of anilines is 2. The van der Waals surface area contributed by atoms with E-state index in [9.17, 15) is 13.6 Å². The number of nitrogens with zero attached hydrogens (tertiary/aromatic N) is 5. The van der Waals surface area contributed by atoms with E-state index < -0.39 is 17.5 Å². The fourth-order valence-electron chi connectivity index (χ4n) is 3.28. The van der Waals surface area contributed by atoms with Crippen LogP contribution in [0, 0.1) is 18.6 Å². The Hall–Kier alpha value is -3.40. The molecule has 32 heavy (non-hydrogen) atoms. The van der Waals surface area contributed by atoms with Gasteiger partial charge in [0.25, 0.3) is 5.91 Å². The summed E-state index contributed by atoms with van der Waals surface area (Å²) in [5, 5.41) is 5.54. The monoisotopic (exact) mass is 443 g/mol. The van der Waals surface area contributed by atoms with Crippen LogP contribution < -0.4 is 10.6 Å². The third kappa shape index (κ3) is 5.25. The number of carbonyl (C=O) groups is 1. The Balaban J connectivity index is 1.81. The molecule has 1 amide bonds. The van der Waals surface area contributed by atoms with Crippen molar-refractivity contribution in [2.75, 3.05) is 32.5 Å². The summed E-state index contributed by atoms with van der Waals surface area (Å²) in [4.78, 5) is 26.6. The third-order valence-electron chi connectivity index (χ3n) is 4.80. The van der Waals surface area contributed by atoms with Crippen LogP contribution in [-0.2, 0) is 0 Å². The Morgan fingerprint density at radius 3 is 2.56 bits per heavy atom. The Kier molecular flexibility index (Phi) is 7.14. The predicted octanol–water partition coefficient (Wildman–Crippen LogP) is 3.54. The standard InChI is InChI=1S/C22H27F2N7O/c1-13(2)31-14(3)26-12-19(31)20-18(24)11-27-22(29-20)28-15-6-7-16(17(23)10-15)21(32)25-8-9-30(4)5/h6-7,10-13H,8-9H2,1-5H3,(H,25,32)(H,27,28,29). The number of halogens is 2. The van der Waals surface area contributed by atoms with E-state index in [2.05, 4.69) is 25.6 Å². The molecule has 1 aromatic carbocycles. The van der Waals surface area contributed by atoms with Gasteiger partial charge in [0.05, 0.1) is 23.7 Å². The van der Waals surface area contributed by atoms with Gasteiger partial charge in [-0.1, -0.05) is 0 Å². The van der Waals surface area contributed by atoms with Crippen molar-refractivity contribution in [2.24, 2.45) is 0 Å². The highest BCUT2D eigenvalue weighted by Crippen LogP contribution is 2.26. The lowest BCUT2D eigenvalue weighted by Gasteiger charge is -2.15. The van der Waals surface area contributed by atoms with Crippen molar-refractivity contribution in [1.29, 1.82) is 0 Å². The second-order valence-corrected chi connectivity index (χ2v) is 7.92. The Bertz CT molecular complexity index is 1110. The lowest BCUT2D eigenvalue weighted by molar-refractivity contribution is 0.0947. The van der Waals surface area contributed by atoms with Gasteiger partial charge in [-0.15, -0.1) is 0 Å². The third-order valence-corrected chi connectivity index (χ3v) is 4.80. The average molecular weight is 444 g/mol. The van der Waals surface area contributed by atoms with Crippen LogP contribution in [0.25, 0.3) is 11.4 Å². The molecule has 0 atom stereocenters. The normalized spacial score (nSPS) is 11.3. The SMILES string of the molecule is Cc1ncc(-c2nc(Nc3ccc(C(=O)NCCN(C)C)c(F)c3)ncc2F)n1C(C)C. The molecule has 2 N–H and O–H groups in total. The van der Waals surface area contributed by atoms with Gasteiger partial charge >= 0.3 is 0 Å². The molecular formula is C22H27F2N7O. The van der Waals surface area contributed by atoms with Crippen LogP contribution in [0.3, 0.4) is 0 Å². The van der Waals surface area contributed by atoms with Crippen molar-refractivity contribution in [3.8, 4) is 11.4 Å². The molecule has 0 saturated heterocycles. The highest BCUT2D eigenvalue weighted by molar-refractivity contribution is 5.94. The van der Waals surface area contributed by atoms with Crippen LogP contribution in [-0.4, -0.2) is 57.5 Å². The number of nitrogens with one attached hydrogen (secondary N) is 2. The number of hydrogen-bond acceptors (Lipinski definition) is 6. The van der Waals surface area contributed by atoms with E-state index >= 15 is 0 Å². The molecule has 0 aliphatic heterocycles. The van der Waals surface area contributed by atoms with Crippen molar-refractivity contribution >= 4 is 17.5 Å². The maximum atomic E-state index is 14.5. The first-order valence-corrected chi connectivity index (χ1v) is 10.2. The lowest BCUT2D eigenvalue weighted by atomic mass is 10.1. The summed E-state index contributed by atoms with van der Waals surface area (Å²) < 4.78 is 30.9. The molecule has 0 radical (unpaired) electrons.